The Kier molecular flexibility index (Phi) is 4.32. The van der Waals surface area contributed by atoms with Crippen molar-refractivity contribution in [3.05, 3.63) is 22.5 Å². The minimum Gasteiger partial charge on any atom is -0.354 e. The lowest BCUT2D eigenvalue weighted by atomic mass is 9.67. The van der Waals surface area contributed by atoms with Crippen LogP contribution in [0.4, 0.5) is 0 Å². The van der Waals surface area contributed by atoms with Gasteiger partial charge in [0.05, 0.1) is 0 Å². The van der Waals surface area contributed by atoms with Crippen LogP contribution in [-0.2, 0) is 0 Å². The molecule has 23 heavy (non-hydrogen) atoms. The molecule has 2 aliphatic carbocycles. The van der Waals surface area contributed by atoms with Gasteiger partial charge in [-0.1, -0.05) is 6.42 Å². The van der Waals surface area contributed by atoms with Crippen molar-refractivity contribution in [2.75, 3.05) is 0 Å². The molecule has 0 saturated heterocycles. The Labute approximate surface area is 137 Å². The van der Waals surface area contributed by atoms with Crippen LogP contribution >= 0.6 is 0 Å². The van der Waals surface area contributed by atoms with Crippen LogP contribution in [0.2, 0.25) is 0 Å². The summed E-state index contributed by atoms with van der Waals surface area (Å²) in [7, 11) is 0. The lowest BCUT2D eigenvalue weighted by molar-refractivity contribution is 0.0751. The molecule has 126 valence electrons. The standard InChI is InChI=1S/C18H27N3O2/c1-9-15(11(3)22)10(2)20-16(9)18(23)21-17-12-5-4-6-13(17)8-14(19)7-12/h12-14,17,20H,4-8,19H2,1-3H3,(H,21,23). The van der Waals surface area contributed by atoms with E-state index in [4.69, 9.17) is 5.73 Å². The summed E-state index contributed by atoms with van der Waals surface area (Å²) in [6.07, 6.45) is 5.54. The fourth-order valence-electron chi connectivity index (χ4n) is 4.75. The van der Waals surface area contributed by atoms with Crippen molar-refractivity contribution >= 4 is 11.7 Å². The van der Waals surface area contributed by atoms with Gasteiger partial charge in [0.25, 0.3) is 5.91 Å². The summed E-state index contributed by atoms with van der Waals surface area (Å²) in [6, 6.07) is 0.497. The van der Waals surface area contributed by atoms with Crippen molar-refractivity contribution in [1.29, 1.82) is 0 Å². The van der Waals surface area contributed by atoms with Crippen molar-refractivity contribution in [2.45, 2.75) is 65.0 Å². The first-order valence-electron chi connectivity index (χ1n) is 8.65. The highest BCUT2D eigenvalue weighted by Gasteiger charge is 2.40. The van der Waals surface area contributed by atoms with Crippen molar-refractivity contribution in [3.63, 3.8) is 0 Å². The number of aromatic amines is 1. The first-order chi connectivity index (χ1) is 10.9. The van der Waals surface area contributed by atoms with Gasteiger partial charge in [0.1, 0.15) is 5.69 Å². The molecule has 2 unspecified atom stereocenters. The normalized spacial score (nSPS) is 30.1. The summed E-state index contributed by atoms with van der Waals surface area (Å²) in [4.78, 5) is 27.6. The molecular weight excluding hydrogens is 290 g/mol. The van der Waals surface area contributed by atoms with Crippen molar-refractivity contribution in [2.24, 2.45) is 17.6 Å². The molecule has 1 heterocycles. The van der Waals surface area contributed by atoms with Crippen LogP contribution in [0.3, 0.4) is 0 Å². The maximum atomic E-state index is 12.7. The van der Waals surface area contributed by atoms with Crippen molar-refractivity contribution < 1.29 is 9.59 Å². The third-order valence-electron chi connectivity index (χ3n) is 5.69. The highest BCUT2D eigenvalue weighted by Crippen LogP contribution is 2.39. The first-order valence-corrected chi connectivity index (χ1v) is 8.65. The summed E-state index contributed by atoms with van der Waals surface area (Å²) < 4.78 is 0. The number of hydrogen-bond donors (Lipinski definition) is 3. The van der Waals surface area contributed by atoms with Crippen LogP contribution in [0, 0.1) is 25.7 Å². The molecule has 1 amide bonds. The van der Waals surface area contributed by atoms with Crippen LogP contribution < -0.4 is 11.1 Å². The zero-order chi connectivity index (χ0) is 16.7. The number of rotatable bonds is 3. The Morgan fingerprint density at radius 3 is 2.30 bits per heavy atom. The molecule has 5 heteroatoms. The first kappa shape index (κ1) is 16.2. The quantitative estimate of drug-likeness (QED) is 0.748. The number of Topliss-reactive ketones (excluding diaryl/α,β-unsaturated/α-hetero) is 1. The Balaban J connectivity index is 1.80. The SMILES string of the molecule is CC(=O)c1c(C)[nH]c(C(=O)NC2C3CCCC2CC(N)C3)c1C. The van der Waals surface area contributed by atoms with E-state index in [1.165, 1.54) is 13.3 Å². The molecule has 2 bridgehead atoms. The number of amides is 1. The van der Waals surface area contributed by atoms with Crippen LogP contribution in [0.25, 0.3) is 0 Å². The second-order valence-corrected chi connectivity index (χ2v) is 7.36. The van der Waals surface area contributed by atoms with Gasteiger partial charge in [-0.25, -0.2) is 0 Å². The number of hydrogen-bond acceptors (Lipinski definition) is 3. The average Bonchev–Trinajstić information content (AvgIpc) is 2.75. The average molecular weight is 317 g/mol. The van der Waals surface area contributed by atoms with E-state index < -0.39 is 0 Å². The summed E-state index contributed by atoms with van der Waals surface area (Å²) in [5, 5.41) is 3.24. The monoisotopic (exact) mass is 317 g/mol. The van der Waals surface area contributed by atoms with E-state index in [0.717, 1.165) is 36.9 Å². The van der Waals surface area contributed by atoms with E-state index in [2.05, 4.69) is 10.3 Å². The predicted octanol–water partition coefficient (Wildman–Crippen LogP) is 2.47. The van der Waals surface area contributed by atoms with Gasteiger partial charge in [-0.2, -0.15) is 0 Å². The molecule has 2 aliphatic rings. The molecule has 4 N–H and O–H groups in total. The van der Waals surface area contributed by atoms with E-state index in [1.807, 2.05) is 13.8 Å². The Morgan fingerprint density at radius 2 is 1.78 bits per heavy atom. The van der Waals surface area contributed by atoms with Gasteiger partial charge in [0.2, 0.25) is 0 Å². The maximum absolute atomic E-state index is 12.7. The van der Waals surface area contributed by atoms with E-state index >= 15 is 0 Å². The van der Waals surface area contributed by atoms with E-state index in [0.29, 0.717) is 23.1 Å². The van der Waals surface area contributed by atoms with Gasteiger partial charge in [-0.3, -0.25) is 9.59 Å². The molecule has 0 aromatic carbocycles. The smallest absolute Gasteiger partial charge is 0.268 e. The van der Waals surface area contributed by atoms with E-state index in [9.17, 15) is 9.59 Å². The van der Waals surface area contributed by atoms with Gasteiger partial charge in [0.15, 0.2) is 5.78 Å². The fourth-order valence-corrected chi connectivity index (χ4v) is 4.75. The Bertz CT molecular complexity index is 620. The zero-order valence-corrected chi connectivity index (χ0v) is 14.2. The number of nitrogens with one attached hydrogen (secondary N) is 2. The number of fused-ring (bicyclic) bond motifs is 2. The summed E-state index contributed by atoms with van der Waals surface area (Å²) in [6.45, 7) is 5.22. The van der Waals surface area contributed by atoms with Crippen LogP contribution in [0.15, 0.2) is 0 Å². The zero-order valence-electron chi connectivity index (χ0n) is 14.2. The third kappa shape index (κ3) is 2.94. The molecule has 3 rings (SSSR count). The molecule has 0 aliphatic heterocycles. The van der Waals surface area contributed by atoms with Gasteiger partial charge < -0.3 is 16.0 Å². The number of H-pyrrole nitrogens is 1. The molecule has 0 radical (unpaired) electrons. The molecule has 1 aromatic heterocycles. The van der Waals surface area contributed by atoms with Gasteiger partial charge in [-0.05, 0) is 63.9 Å². The lowest BCUT2D eigenvalue weighted by Gasteiger charge is -2.45. The van der Waals surface area contributed by atoms with Gasteiger partial charge in [-0.15, -0.1) is 0 Å². The van der Waals surface area contributed by atoms with E-state index in [1.54, 1.807) is 0 Å². The number of carbonyl (C=O) groups excluding carboxylic acids is 2. The third-order valence-corrected chi connectivity index (χ3v) is 5.69. The summed E-state index contributed by atoms with van der Waals surface area (Å²) >= 11 is 0. The minimum atomic E-state index is -0.0875. The number of ketones is 1. The molecule has 2 atom stereocenters. The molecule has 5 nitrogen and oxygen atoms in total. The molecule has 1 aromatic rings. The molecule has 0 spiro atoms. The minimum absolute atomic E-state index is 0.00388. The summed E-state index contributed by atoms with van der Waals surface area (Å²) in [5.74, 6) is 0.890. The summed E-state index contributed by atoms with van der Waals surface area (Å²) in [5.41, 5.74) is 8.85. The molecular formula is C18H27N3O2. The van der Waals surface area contributed by atoms with Gasteiger partial charge in [0, 0.05) is 23.3 Å². The van der Waals surface area contributed by atoms with Crippen LogP contribution in [0.1, 0.15) is 71.1 Å². The second kappa shape index (κ2) is 6.11. The van der Waals surface area contributed by atoms with Crippen LogP contribution in [0.5, 0.6) is 0 Å². The van der Waals surface area contributed by atoms with Crippen molar-refractivity contribution in [1.82, 2.24) is 10.3 Å². The topological polar surface area (TPSA) is 88.0 Å². The number of aromatic nitrogens is 1. The molecule has 2 saturated carbocycles. The van der Waals surface area contributed by atoms with Crippen molar-refractivity contribution in [3.8, 4) is 0 Å². The van der Waals surface area contributed by atoms with Gasteiger partial charge >= 0.3 is 0 Å². The Hall–Kier alpha value is -1.62. The predicted molar refractivity (Wildman–Crippen MR) is 89.6 cm³/mol. The maximum Gasteiger partial charge on any atom is 0.268 e. The Morgan fingerprint density at radius 1 is 1.17 bits per heavy atom. The second-order valence-electron chi connectivity index (χ2n) is 7.36. The number of carbonyl (C=O) groups is 2. The largest absolute Gasteiger partial charge is 0.354 e. The fraction of sp³-hybridized carbons (Fsp3) is 0.667. The number of aryl methyl sites for hydroxylation is 1. The molecule has 2 fully saturated rings. The van der Waals surface area contributed by atoms with E-state index in [-0.39, 0.29) is 23.8 Å². The number of nitrogens with two attached hydrogens (primary N) is 1. The highest BCUT2D eigenvalue weighted by molar-refractivity contribution is 6.02. The lowest BCUT2D eigenvalue weighted by Crippen LogP contribution is -2.53. The highest BCUT2D eigenvalue weighted by atomic mass is 16.2. The van der Waals surface area contributed by atoms with Crippen LogP contribution in [-0.4, -0.2) is 28.8 Å².